The monoisotopic (exact) mass is 485 g/mol. The van der Waals surface area contributed by atoms with Crippen molar-refractivity contribution in [2.75, 3.05) is 0 Å². The van der Waals surface area contributed by atoms with Crippen LogP contribution >= 0.6 is 31.9 Å². The fourth-order valence-corrected chi connectivity index (χ4v) is 3.54. The van der Waals surface area contributed by atoms with Crippen LogP contribution < -0.4 is 0 Å². The van der Waals surface area contributed by atoms with Gasteiger partial charge < -0.3 is 5.21 Å². The highest BCUT2D eigenvalue weighted by molar-refractivity contribution is 9.11. The second kappa shape index (κ2) is 8.83. The van der Waals surface area contributed by atoms with Crippen LogP contribution in [0, 0.1) is 0 Å². The summed E-state index contributed by atoms with van der Waals surface area (Å²) in [4.78, 5) is 19.1. The lowest BCUT2D eigenvalue weighted by Crippen LogP contribution is -1.87. The highest BCUT2D eigenvalue weighted by Crippen LogP contribution is 2.24. The van der Waals surface area contributed by atoms with Gasteiger partial charge in [-0.25, -0.2) is 0 Å². The van der Waals surface area contributed by atoms with Crippen molar-refractivity contribution in [1.82, 2.24) is 9.97 Å². The maximum Gasteiger partial charge on any atom is 0.150 e. The van der Waals surface area contributed by atoms with Gasteiger partial charge in [0.25, 0.3) is 0 Å². The van der Waals surface area contributed by atoms with Gasteiger partial charge in [-0.15, -0.1) is 0 Å². The lowest BCUT2D eigenvalue weighted by atomic mass is 10.1. The van der Waals surface area contributed by atoms with Crippen LogP contribution in [0.3, 0.4) is 0 Å². The highest BCUT2D eigenvalue weighted by atomic mass is 79.9. The molecule has 134 valence electrons. The molecule has 0 spiro atoms. The Morgan fingerprint density at radius 2 is 1.33 bits per heavy atom. The molecule has 5 nitrogen and oxygen atoms in total. The largest absolute Gasteiger partial charge is 0.411 e. The number of hydrogen-bond acceptors (Lipinski definition) is 5. The predicted octanol–water partition coefficient (Wildman–Crippen LogP) is 5.62. The summed E-state index contributed by atoms with van der Waals surface area (Å²) in [5.74, 6) is 0. The van der Waals surface area contributed by atoms with Crippen molar-refractivity contribution < 1.29 is 10.0 Å². The zero-order valence-corrected chi connectivity index (χ0v) is 17.1. The molecule has 0 saturated carbocycles. The van der Waals surface area contributed by atoms with Gasteiger partial charge in [-0.05, 0) is 56.1 Å². The smallest absolute Gasteiger partial charge is 0.150 e. The Kier molecular flexibility index (Phi) is 6.26. The number of halogens is 2. The summed E-state index contributed by atoms with van der Waals surface area (Å²) in [5.41, 5.74) is 3.21. The van der Waals surface area contributed by atoms with E-state index in [2.05, 4.69) is 47.0 Å². The number of oxime groups is 1. The molecular formula is C20H13Br2N3O2. The lowest BCUT2D eigenvalue weighted by molar-refractivity contribution is 0.112. The zero-order valence-electron chi connectivity index (χ0n) is 13.9. The Bertz CT molecular complexity index is 1150. The maximum atomic E-state index is 10.7. The van der Waals surface area contributed by atoms with Gasteiger partial charge in [0, 0.05) is 43.2 Å². The topological polar surface area (TPSA) is 75.4 Å². The van der Waals surface area contributed by atoms with Crippen molar-refractivity contribution in [3.8, 4) is 0 Å². The first kappa shape index (κ1) is 19.1. The first-order chi connectivity index (χ1) is 13.2. The minimum atomic E-state index is 0.673. The Morgan fingerprint density at radius 1 is 0.815 bits per heavy atom. The molecular weight excluding hydrogens is 474 g/mol. The van der Waals surface area contributed by atoms with E-state index < -0.39 is 0 Å². The van der Waals surface area contributed by atoms with Crippen LogP contribution in [0.1, 0.15) is 15.9 Å². The van der Waals surface area contributed by atoms with E-state index in [9.17, 15) is 4.79 Å². The number of fused-ring (bicyclic) bond motifs is 2. The Morgan fingerprint density at radius 3 is 1.85 bits per heavy atom. The average Bonchev–Trinajstić information content (AvgIpc) is 2.69. The van der Waals surface area contributed by atoms with Gasteiger partial charge >= 0.3 is 0 Å². The molecule has 0 aliphatic heterocycles. The number of aromatic nitrogens is 2. The number of hydrogen-bond donors (Lipinski definition) is 1. The summed E-state index contributed by atoms with van der Waals surface area (Å²) in [6, 6.07) is 15.0. The van der Waals surface area contributed by atoms with E-state index in [1.807, 2.05) is 36.4 Å². The lowest BCUT2D eigenvalue weighted by Gasteiger charge is -2.01. The summed E-state index contributed by atoms with van der Waals surface area (Å²) in [6.45, 7) is 0. The summed E-state index contributed by atoms with van der Waals surface area (Å²) < 4.78 is 1.84. The van der Waals surface area contributed by atoms with Crippen molar-refractivity contribution in [3.05, 3.63) is 81.0 Å². The SMILES string of the molecule is O=Cc1ccnc2c(Br)cccc12.ON=Cc1ccnc2c(Br)cccc12. The normalized spacial score (nSPS) is 10.7. The van der Waals surface area contributed by atoms with Crippen LogP contribution in [0.15, 0.2) is 75.0 Å². The van der Waals surface area contributed by atoms with E-state index >= 15 is 0 Å². The van der Waals surface area contributed by atoms with Gasteiger partial charge in [0.2, 0.25) is 0 Å². The Hall–Kier alpha value is -2.64. The molecule has 7 heteroatoms. The second-order valence-corrected chi connectivity index (χ2v) is 7.14. The van der Waals surface area contributed by atoms with E-state index in [0.717, 1.165) is 42.6 Å². The van der Waals surface area contributed by atoms with Crippen LogP contribution in [0.2, 0.25) is 0 Å². The van der Waals surface area contributed by atoms with Gasteiger partial charge in [-0.2, -0.15) is 0 Å². The molecule has 1 N–H and O–H groups in total. The first-order valence-electron chi connectivity index (χ1n) is 7.84. The predicted molar refractivity (Wildman–Crippen MR) is 114 cm³/mol. The number of carbonyl (C=O) groups excluding carboxylic acids is 1. The third kappa shape index (κ3) is 4.20. The molecule has 2 heterocycles. The molecule has 2 aromatic heterocycles. The van der Waals surface area contributed by atoms with Gasteiger partial charge in [-0.3, -0.25) is 14.8 Å². The minimum Gasteiger partial charge on any atom is -0.411 e. The van der Waals surface area contributed by atoms with Crippen molar-refractivity contribution in [2.45, 2.75) is 0 Å². The molecule has 0 aliphatic carbocycles. The van der Waals surface area contributed by atoms with Gasteiger partial charge in [0.1, 0.15) is 0 Å². The minimum absolute atomic E-state index is 0.673. The number of pyridine rings is 2. The molecule has 0 aliphatic rings. The molecule has 0 bridgehead atoms. The zero-order chi connectivity index (χ0) is 19.2. The summed E-state index contributed by atoms with van der Waals surface area (Å²) >= 11 is 6.79. The van der Waals surface area contributed by atoms with E-state index in [0.29, 0.717) is 5.56 Å². The molecule has 4 rings (SSSR count). The van der Waals surface area contributed by atoms with Crippen molar-refractivity contribution in [2.24, 2.45) is 5.16 Å². The third-order valence-corrected chi connectivity index (χ3v) is 5.11. The third-order valence-electron chi connectivity index (χ3n) is 3.83. The molecule has 2 aromatic carbocycles. The number of benzene rings is 2. The fraction of sp³-hybridized carbons (Fsp3) is 0. The molecule has 0 unspecified atom stereocenters. The number of carbonyl (C=O) groups is 1. The molecule has 0 saturated heterocycles. The van der Waals surface area contributed by atoms with Crippen LogP contribution in [0.5, 0.6) is 0 Å². The Labute approximate surface area is 172 Å². The molecule has 0 radical (unpaired) electrons. The number of rotatable bonds is 2. The number of para-hydroxylation sites is 2. The summed E-state index contributed by atoms with van der Waals surface area (Å²) in [7, 11) is 0. The van der Waals surface area contributed by atoms with Gasteiger partial charge in [-0.1, -0.05) is 29.4 Å². The van der Waals surface area contributed by atoms with Crippen molar-refractivity contribution in [1.29, 1.82) is 0 Å². The van der Waals surface area contributed by atoms with E-state index in [4.69, 9.17) is 5.21 Å². The number of nitrogens with zero attached hydrogens (tertiary/aromatic N) is 3. The van der Waals surface area contributed by atoms with Crippen LogP contribution in [-0.2, 0) is 0 Å². The molecule has 0 amide bonds. The second-order valence-electron chi connectivity index (χ2n) is 5.43. The highest BCUT2D eigenvalue weighted by Gasteiger charge is 2.03. The van der Waals surface area contributed by atoms with Crippen LogP contribution in [-0.4, -0.2) is 27.7 Å². The molecule has 0 fully saturated rings. The number of aldehydes is 1. The Balaban J connectivity index is 0.000000156. The van der Waals surface area contributed by atoms with E-state index in [1.54, 1.807) is 24.5 Å². The molecule has 4 aromatic rings. The molecule has 0 atom stereocenters. The van der Waals surface area contributed by atoms with E-state index in [-0.39, 0.29) is 0 Å². The molecule has 27 heavy (non-hydrogen) atoms. The quantitative estimate of drug-likeness (QED) is 0.173. The fourth-order valence-electron chi connectivity index (χ4n) is 2.60. The summed E-state index contributed by atoms with van der Waals surface area (Å²) in [6.07, 6.45) is 5.56. The van der Waals surface area contributed by atoms with Gasteiger partial charge in [0.15, 0.2) is 6.29 Å². The average molecular weight is 487 g/mol. The summed E-state index contributed by atoms with van der Waals surface area (Å²) in [5, 5.41) is 13.3. The van der Waals surface area contributed by atoms with Crippen molar-refractivity contribution >= 4 is 66.2 Å². The van der Waals surface area contributed by atoms with Crippen LogP contribution in [0.4, 0.5) is 0 Å². The first-order valence-corrected chi connectivity index (χ1v) is 9.43. The van der Waals surface area contributed by atoms with Crippen LogP contribution in [0.25, 0.3) is 21.8 Å². The van der Waals surface area contributed by atoms with E-state index in [1.165, 1.54) is 6.21 Å². The van der Waals surface area contributed by atoms with Gasteiger partial charge in [0.05, 0.1) is 17.2 Å². The maximum absolute atomic E-state index is 10.7. The standard InChI is InChI=1S/C10H7BrN2O.C10H6BrNO/c11-9-3-1-2-8-7(6-13-14)4-5-12-10(8)9;11-9-3-1-2-8-7(6-13)4-5-12-10(8)9/h1-6,14H;1-6H. The van der Waals surface area contributed by atoms with Crippen molar-refractivity contribution in [3.63, 3.8) is 0 Å².